The SMILES string of the molecule is Cn1ccnc1C(NC(=O)/C=C/c1ccc(Oc2cccnc2)c(F)c1)c1ccccc1. The molecule has 0 saturated heterocycles. The van der Waals surface area contributed by atoms with E-state index in [0.717, 1.165) is 5.56 Å². The number of pyridine rings is 1. The van der Waals surface area contributed by atoms with Crippen LogP contribution in [0.5, 0.6) is 11.5 Å². The van der Waals surface area contributed by atoms with Crippen molar-refractivity contribution in [3.63, 3.8) is 0 Å². The maximum atomic E-state index is 14.4. The Hall–Kier alpha value is -4.26. The Morgan fingerprint density at radius 3 is 2.66 bits per heavy atom. The van der Waals surface area contributed by atoms with Crippen LogP contribution in [0.15, 0.2) is 91.5 Å². The molecule has 160 valence electrons. The minimum absolute atomic E-state index is 0.0820. The Morgan fingerprint density at radius 1 is 1.12 bits per heavy atom. The maximum Gasteiger partial charge on any atom is 0.244 e. The first-order chi connectivity index (χ1) is 15.6. The molecule has 1 amide bonds. The Labute approximate surface area is 185 Å². The Balaban J connectivity index is 1.47. The van der Waals surface area contributed by atoms with Crippen molar-refractivity contribution in [3.05, 3.63) is 114 Å². The molecule has 0 saturated carbocycles. The van der Waals surface area contributed by atoms with Gasteiger partial charge in [-0.25, -0.2) is 9.37 Å². The number of aryl methyl sites for hydroxylation is 1. The lowest BCUT2D eigenvalue weighted by Gasteiger charge is -2.18. The second-order valence-corrected chi connectivity index (χ2v) is 7.06. The molecule has 2 aromatic carbocycles. The van der Waals surface area contributed by atoms with E-state index in [0.29, 0.717) is 17.1 Å². The predicted octanol–water partition coefficient (Wildman–Crippen LogP) is 4.67. The number of nitrogens with zero attached hydrogens (tertiary/aromatic N) is 3. The number of amides is 1. The van der Waals surface area contributed by atoms with Crippen LogP contribution < -0.4 is 10.1 Å². The van der Waals surface area contributed by atoms with E-state index in [-0.39, 0.29) is 11.7 Å². The molecule has 0 fully saturated rings. The number of carbonyl (C=O) groups is 1. The van der Waals surface area contributed by atoms with Gasteiger partial charge >= 0.3 is 0 Å². The zero-order valence-corrected chi connectivity index (χ0v) is 17.4. The number of halogens is 1. The lowest BCUT2D eigenvalue weighted by molar-refractivity contribution is -0.117. The van der Waals surface area contributed by atoms with Crippen LogP contribution in [0, 0.1) is 5.82 Å². The van der Waals surface area contributed by atoms with Crippen LogP contribution in [0.3, 0.4) is 0 Å². The first kappa shape index (κ1) is 21.0. The number of nitrogens with one attached hydrogen (secondary N) is 1. The second kappa shape index (κ2) is 9.70. The molecule has 1 atom stereocenters. The maximum absolute atomic E-state index is 14.4. The number of benzene rings is 2. The fraction of sp³-hybridized carbons (Fsp3) is 0.0800. The summed E-state index contributed by atoms with van der Waals surface area (Å²) < 4.78 is 21.8. The van der Waals surface area contributed by atoms with E-state index in [1.807, 2.05) is 48.1 Å². The molecule has 0 aliphatic rings. The van der Waals surface area contributed by atoms with Gasteiger partial charge in [0.1, 0.15) is 17.6 Å². The number of imidazole rings is 1. The normalized spacial score (nSPS) is 11.9. The fourth-order valence-corrected chi connectivity index (χ4v) is 3.20. The van der Waals surface area contributed by atoms with Gasteiger partial charge in [0.05, 0.1) is 6.20 Å². The monoisotopic (exact) mass is 428 g/mol. The molecular formula is C25H21FN4O2. The molecule has 0 aliphatic heterocycles. The van der Waals surface area contributed by atoms with Gasteiger partial charge in [0.2, 0.25) is 5.91 Å². The summed E-state index contributed by atoms with van der Waals surface area (Å²) in [4.78, 5) is 21.0. The van der Waals surface area contributed by atoms with E-state index in [1.54, 1.807) is 36.7 Å². The van der Waals surface area contributed by atoms with Crippen LogP contribution >= 0.6 is 0 Å². The summed E-state index contributed by atoms with van der Waals surface area (Å²) in [7, 11) is 1.87. The Morgan fingerprint density at radius 2 is 1.97 bits per heavy atom. The molecule has 2 heterocycles. The average Bonchev–Trinajstić information content (AvgIpc) is 3.24. The van der Waals surface area contributed by atoms with Crippen LogP contribution in [-0.2, 0) is 11.8 Å². The fourth-order valence-electron chi connectivity index (χ4n) is 3.20. The summed E-state index contributed by atoms with van der Waals surface area (Å²) in [5.41, 5.74) is 1.44. The van der Waals surface area contributed by atoms with Crippen molar-refractivity contribution in [1.29, 1.82) is 0 Å². The zero-order chi connectivity index (χ0) is 22.3. The molecule has 6 nitrogen and oxygen atoms in total. The Bertz CT molecular complexity index is 1220. The largest absolute Gasteiger partial charge is 0.453 e. The summed E-state index contributed by atoms with van der Waals surface area (Å²) in [6, 6.07) is 17.1. The van der Waals surface area contributed by atoms with Gasteiger partial charge < -0.3 is 14.6 Å². The number of rotatable bonds is 7. The standard InChI is InChI=1S/C25H21FN4O2/c1-30-15-14-28-25(30)24(19-6-3-2-4-7-19)29-23(31)12-10-18-9-11-22(21(26)16-18)32-20-8-5-13-27-17-20/h2-17,24H,1H3,(H,29,31)/b12-10+. The number of ether oxygens (including phenoxy) is 1. The molecule has 32 heavy (non-hydrogen) atoms. The van der Waals surface area contributed by atoms with E-state index >= 15 is 0 Å². The lowest BCUT2D eigenvalue weighted by Crippen LogP contribution is -2.29. The van der Waals surface area contributed by atoms with E-state index < -0.39 is 11.9 Å². The lowest BCUT2D eigenvalue weighted by atomic mass is 10.1. The van der Waals surface area contributed by atoms with Crippen LogP contribution in [0.1, 0.15) is 23.0 Å². The Kier molecular flexibility index (Phi) is 6.36. The van der Waals surface area contributed by atoms with Crippen LogP contribution in [0.25, 0.3) is 6.08 Å². The number of hydrogen-bond acceptors (Lipinski definition) is 4. The highest BCUT2D eigenvalue weighted by molar-refractivity contribution is 5.92. The quantitative estimate of drug-likeness (QED) is 0.435. The third-order valence-corrected chi connectivity index (χ3v) is 4.78. The van der Waals surface area contributed by atoms with Gasteiger partial charge in [-0.15, -0.1) is 0 Å². The summed E-state index contributed by atoms with van der Waals surface area (Å²) in [6.07, 6.45) is 9.54. The van der Waals surface area contributed by atoms with Gasteiger partial charge in [-0.3, -0.25) is 9.78 Å². The molecule has 7 heteroatoms. The average molecular weight is 428 g/mol. The summed E-state index contributed by atoms with van der Waals surface area (Å²) in [5, 5.41) is 2.97. The summed E-state index contributed by atoms with van der Waals surface area (Å²) in [5.74, 6) is 0.374. The van der Waals surface area contributed by atoms with Gasteiger partial charge in [0.15, 0.2) is 11.6 Å². The topological polar surface area (TPSA) is 69.0 Å². The van der Waals surface area contributed by atoms with Gasteiger partial charge in [-0.2, -0.15) is 0 Å². The number of carbonyl (C=O) groups excluding carboxylic acids is 1. The third-order valence-electron chi connectivity index (χ3n) is 4.78. The second-order valence-electron chi connectivity index (χ2n) is 7.06. The van der Waals surface area contributed by atoms with E-state index in [9.17, 15) is 9.18 Å². The predicted molar refractivity (Wildman–Crippen MR) is 119 cm³/mol. The van der Waals surface area contributed by atoms with Crippen LogP contribution in [0.2, 0.25) is 0 Å². The van der Waals surface area contributed by atoms with Crippen molar-refractivity contribution < 1.29 is 13.9 Å². The van der Waals surface area contributed by atoms with E-state index in [1.165, 1.54) is 24.4 Å². The van der Waals surface area contributed by atoms with Crippen LogP contribution in [-0.4, -0.2) is 20.4 Å². The summed E-state index contributed by atoms with van der Waals surface area (Å²) >= 11 is 0. The molecule has 0 aliphatic carbocycles. The number of hydrogen-bond donors (Lipinski definition) is 1. The van der Waals surface area contributed by atoms with Gasteiger partial charge in [0, 0.05) is 31.7 Å². The molecular weight excluding hydrogens is 407 g/mol. The zero-order valence-electron chi connectivity index (χ0n) is 17.4. The minimum atomic E-state index is -0.536. The molecule has 1 unspecified atom stereocenters. The first-order valence-electron chi connectivity index (χ1n) is 9.98. The highest BCUT2D eigenvalue weighted by Crippen LogP contribution is 2.25. The molecule has 0 bridgehead atoms. The van der Waals surface area contributed by atoms with Gasteiger partial charge in [-0.05, 0) is 41.5 Å². The van der Waals surface area contributed by atoms with Gasteiger partial charge in [-0.1, -0.05) is 36.4 Å². The minimum Gasteiger partial charge on any atom is -0.453 e. The molecule has 0 radical (unpaired) electrons. The van der Waals surface area contributed by atoms with Crippen molar-refractivity contribution in [1.82, 2.24) is 19.9 Å². The summed E-state index contributed by atoms with van der Waals surface area (Å²) in [6.45, 7) is 0. The van der Waals surface area contributed by atoms with Crippen molar-refractivity contribution in [2.45, 2.75) is 6.04 Å². The smallest absolute Gasteiger partial charge is 0.244 e. The van der Waals surface area contributed by atoms with Crippen molar-refractivity contribution in [2.75, 3.05) is 0 Å². The molecule has 4 rings (SSSR count). The van der Waals surface area contributed by atoms with E-state index in [2.05, 4.69) is 15.3 Å². The molecule has 0 spiro atoms. The van der Waals surface area contributed by atoms with Gasteiger partial charge in [0.25, 0.3) is 0 Å². The number of aromatic nitrogens is 3. The molecule has 4 aromatic rings. The highest BCUT2D eigenvalue weighted by Gasteiger charge is 2.19. The van der Waals surface area contributed by atoms with E-state index in [4.69, 9.17) is 4.74 Å². The van der Waals surface area contributed by atoms with Crippen molar-refractivity contribution >= 4 is 12.0 Å². The first-order valence-corrected chi connectivity index (χ1v) is 9.98. The van der Waals surface area contributed by atoms with Crippen LogP contribution in [0.4, 0.5) is 4.39 Å². The van der Waals surface area contributed by atoms with Crippen molar-refractivity contribution in [2.24, 2.45) is 7.05 Å². The molecule has 2 aromatic heterocycles. The third kappa shape index (κ3) is 5.07. The highest BCUT2D eigenvalue weighted by atomic mass is 19.1. The molecule has 1 N–H and O–H groups in total. The van der Waals surface area contributed by atoms with Crippen molar-refractivity contribution in [3.8, 4) is 11.5 Å².